The molecule has 3 rings (SSSR count). The Balaban J connectivity index is 1.84. The first-order chi connectivity index (χ1) is 11.6. The van der Waals surface area contributed by atoms with Crippen molar-refractivity contribution in [3.8, 4) is 5.69 Å². The van der Waals surface area contributed by atoms with Crippen molar-refractivity contribution in [1.29, 1.82) is 0 Å². The summed E-state index contributed by atoms with van der Waals surface area (Å²) in [6.07, 6.45) is 6.60. The van der Waals surface area contributed by atoms with Gasteiger partial charge in [-0.1, -0.05) is 49.8 Å². The molecule has 1 saturated carbocycles. The second-order valence-corrected chi connectivity index (χ2v) is 6.89. The molecule has 0 aliphatic heterocycles. The second-order valence-electron chi connectivity index (χ2n) is 6.48. The van der Waals surface area contributed by atoms with E-state index < -0.39 is 11.9 Å². The molecule has 0 saturated heterocycles. The number of carbonyl (C=O) groups is 1. The highest BCUT2D eigenvalue weighted by molar-refractivity contribution is 6.32. The Kier molecular flexibility index (Phi) is 5.14. The number of hydrogen-bond acceptors (Lipinski definition) is 4. The number of aryl methyl sites for hydroxylation is 1. The topological polar surface area (TPSA) is 80.9 Å². The highest BCUT2D eigenvalue weighted by Gasteiger charge is 2.26. The molecule has 1 fully saturated rings. The molecule has 0 amide bonds. The molecule has 24 heavy (non-hydrogen) atoms. The van der Waals surface area contributed by atoms with Crippen molar-refractivity contribution in [3.05, 3.63) is 34.6 Å². The van der Waals surface area contributed by atoms with E-state index in [1.54, 1.807) is 23.7 Å². The molecule has 1 N–H and O–H groups in total. The van der Waals surface area contributed by atoms with E-state index in [1.807, 2.05) is 6.07 Å². The zero-order valence-electron chi connectivity index (χ0n) is 13.7. The summed E-state index contributed by atoms with van der Waals surface area (Å²) in [4.78, 5) is 11.8. The molecule has 0 bridgehead atoms. The molecular weight excluding hydrogens is 328 g/mol. The van der Waals surface area contributed by atoms with Crippen molar-refractivity contribution in [1.82, 2.24) is 20.2 Å². The maximum atomic E-state index is 11.8. The standard InChI is InChI=1S/C17H21ClN4O2/c1-11-19-20-21-22(11)16-8-7-13(10-15(16)18)14(17(23)24)9-12-5-3-2-4-6-12/h7-8,10,12,14H,2-6,9H2,1H3,(H,23,24). The van der Waals surface area contributed by atoms with E-state index in [9.17, 15) is 9.90 Å². The lowest BCUT2D eigenvalue weighted by Crippen LogP contribution is -2.18. The van der Waals surface area contributed by atoms with Gasteiger partial charge in [-0.05, 0) is 47.4 Å². The average Bonchev–Trinajstić information content (AvgIpc) is 2.99. The minimum atomic E-state index is -0.789. The van der Waals surface area contributed by atoms with E-state index in [-0.39, 0.29) is 0 Å². The minimum absolute atomic E-state index is 0.456. The Bertz CT molecular complexity index is 725. The molecule has 1 aliphatic rings. The molecule has 2 aromatic rings. The molecule has 128 valence electrons. The summed E-state index contributed by atoms with van der Waals surface area (Å²) in [5.41, 5.74) is 1.40. The quantitative estimate of drug-likeness (QED) is 0.889. The Morgan fingerprint density at radius 3 is 2.71 bits per heavy atom. The van der Waals surface area contributed by atoms with Gasteiger partial charge in [0.1, 0.15) is 0 Å². The molecule has 0 spiro atoms. The molecule has 7 heteroatoms. The Morgan fingerprint density at radius 1 is 1.38 bits per heavy atom. The van der Waals surface area contributed by atoms with E-state index in [0.717, 1.165) is 18.4 Å². The maximum absolute atomic E-state index is 11.8. The van der Waals surface area contributed by atoms with Crippen LogP contribution in [0.15, 0.2) is 18.2 Å². The third-order valence-corrected chi connectivity index (χ3v) is 5.12. The molecule has 1 atom stereocenters. The SMILES string of the molecule is Cc1nnnn1-c1ccc(C(CC2CCCCC2)C(=O)O)cc1Cl. The first-order valence-electron chi connectivity index (χ1n) is 8.34. The van der Waals surface area contributed by atoms with E-state index in [4.69, 9.17) is 11.6 Å². The van der Waals surface area contributed by atoms with Gasteiger partial charge in [0.15, 0.2) is 5.82 Å². The smallest absolute Gasteiger partial charge is 0.310 e. The van der Waals surface area contributed by atoms with Gasteiger partial charge < -0.3 is 5.11 Å². The fourth-order valence-corrected chi connectivity index (χ4v) is 3.77. The fraction of sp³-hybridized carbons (Fsp3) is 0.529. The van der Waals surface area contributed by atoms with Gasteiger partial charge in [-0.25, -0.2) is 0 Å². The van der Waals surface area contributed by atoms with E-state index in [1.165, 1.54) is 19.3 Å². The monoisotopic (exact) mass is 348 g/mol. The largest absolute Gasteiger partial charge is 0.481 e. The lowest BCUT2D eigenvalue weighted by molar-refractivity contribution is -0.139. The van der Waals surface area contributed by atoms with Crippen molar-refractivity contribution >= 4 is 17.6 Å². The van der Waals surface area contributed by atoms with Gasteiger partial charge in [-0.3, -0.25) is 4.79 Å². The molecule has 1 aromatic carbocycles. The van der Waals surface area contributed by atoms with Crippen LogP contribution in [0.3, 0.4) is 0 Å². The van der Waals surface area contributed by atoms with Gasteiger partial charge in [0, 0.05) is 0 Å². The Hall–Kier alpha value is -1.95. The van der Waals surface area contributed by atoms with Crippen molar-refractivity contribution < 1.29 is 9.90 Å². The Morgan fingerprint density at radius 2 is 2.12 bits per heavy atom. The maximum Gasteiger partial charge on any atom is 0.310 e. The van der Waals surface area contributed by atoms with Crippen LogP contribution in [0, 0.1) is 12.8 Å². The fourth-order valence-electron chi connectivity index (χ4n) is 3.50. The molecule has 6 nitrogen and oxygen atoms in total. The van der Waals surface area contributed by atoms with Crippen molar-refractivity contribution in [2.45, 2.75) is 51.4 Å². The molecule has 1 unspecified atom stereocenters. The number of halogens is 1. The molecule has 1 aromatic heterocycles. The normalized spacial score (nSPS) is 16.9. The van der Waals surface area contributed by atoms with Gasteiger partial charge in [0.2, 0.25) is 0 Å². The zero-order valence-corrected chi connectivity index (χ0v) is 14.4. The van der Waals surface area contributed by atoms with Crippen molar-refractivity contribution in [2.24, 2.45) is 5.92 Å². The van der Waals surface area contributed by atoms with Crippen LogP contribution in [0.2, 0.25) is 5.02 Å². The number of nitrogens with zero attached hydrogens (tertiary/aromatic N) is 4. The van der Waals surface area contributed by atoms with E-state index in [2.05, 4.69) is 15.5 Å². The van der Waals surface area contributed by atoms with Crippen LogP contribution in [-0.2, 0) is 4.79 Å². The summed E-state index contributed by atoms with van der Waals surface area (Å²) in [6.45, 7) is 1.79. The van der Waals surface area contributed by atoms with Gasteiger partial charge >= 0.3 is 5.97 Å². The van der Waals surface area contributed by atoms with Crippen molar-refractivity contribution in [3.63, 3.8) is 0 Å². The summed E-state index contributed by atoms with van der Waals surface area (Å²) in [7, 11) is 0. The number of tetrazole rings is 1. The molecule has 0 radical (unpaired) electrons. The van der Waals surface area contributed by atoms with E-state index in [0.29, 0.717) is 28.9 Å². The second kappa shape index (κ2) is 7.30. The molecule has 1 aliphatic carbocycles. The summed E-state index contributed by atoms with van der Waals surface area (Å²) in [6, 6.07) is 5.35. The number of hydrogen-bond donors (Lipinski definition) is 1. The van der Waals surface area contributed by atoms with Crippen LogP contribution in [0.25, 0.3) is 5.69 Å². The van der Waals surface area contributed by atoms with Crippen LogP contribution >= 0.6 is 11.6 Å². The predicted molar refractivity (Wildman–Crippen MR) is 90.5 cm³/mol. The van der Waals surface area contributed by atoms with Gasteiger partial charge in [0.25, 0.3) is 0 Å². The number of rotatable bonds is 5. The van der Waals surface area contributed by atoms with Gasteiger partial charge in [-0.2, -0.15) is 4.68 Å². The summed E-state index contributed by atoms with van der Waals surface area (Å²) in [5.74, 6) is -0.195. The van der Waals surface area contributed by atoms with Crippen LogP contribution in [0.5, 0.6) is 0 Å². The third kappa shape index (κ3) is 3.59. The highest BCUT2D eigenvalue weighted by Crippen LogP contribution is 2.35. The zero-order chi connectivity index (χ0) is 17.1. The van der Waals surface area contributed by atoms with Crippen molar-refractivity contribution in [2.75, 3.05) is 0 Å². The number of carboxylic acid groups (broad SMARTS) is 1. The Labute approximate surface area is 145 Å². The van der Waals surface area contributed by atoms with E-state index >= 15 is 0 Å². The van der Waals surface area contributed by atoms with Gasteiger partial charge in [0.05, 0.1) is 16.6 Å². The van der Waals surface area contributed by atoms with Crippen LogP contribution in [0.1, 0.15) is 55.8 Å². The molecule has 1 heterocycles. The first-order valence-corrected chi connectivity index (χ1v) is 8.71. The number of carboxylic acids is 1. The number of aromatic nitrogens is 4. The lowest BCUT2D eigenvalue weighted by atomic mass is 9.80. The average molecular weight is 349 g/mol. The first kappa shape index (κ1) is 16.9. The minimum Gasteiger partial charge on any atom is -0.481 e. The van der Waals surface area contributed by atoms with Gasteiger partial charge in [-0.15, -0.1) is 5.10 Å². The van der Waals surface area contributed by atoms with Crippen LogP contribution < -0.4 is 0 Å². The predicted octanol–water partition coefficient (Wildman–Crippen LogP) is 3.76. The lowest BCUT2D eigenvalue weighted by Gasteiger charge is -2.25. The summed E-state index contributed by atoms with van der Waals surface area (Å²) in [5, 5.41) is 21.5. The summed E-state index contributed by atoms with van der Waals surface area (Å²) < 4.78 is 1.54. The number of benzene rings is 1. The molecular formula is C17H21ClN4O2. The van der Waals surface area contributed by atoms with Crippen LogP contribution in [-0.4, -0.2) is 31.3 Å². The highest BCUT2D eigenvalue weighted by atomic mass is 35.5. The summed E-state index contributed by atoms with van der Waals surface area (Å²) >= 11 is 6.38. The van der Waals surface area contributed by atoms with Crippen LogP contribution in [0.4, 0.5) is 0 Å². The third-order valence-electron chi connectivity index (χ3n) is 4.82. The number of aliphatic carboxylic acids is 1.